The molecule has 2 amide bonds. The molecule has 180 valence electrons. The summed E-state index contributed by atoms with van der Waals surface area (Å²) in [5.74, 6) is 6.80. The van der Waals surface area contributed by atoms with Crippen molar-refractivity contribution in [2.75, 3.05) is 31.5 Å². The molecular weight excluding hydrogens is 432 g/mol. The maximum absolute atomic E-state index is 12.6. The Morgan fingerprint density at radius 1 is 1.15 bits per heavy atom. The highest BCUT2D eigenvalue weighted by Gasteiger charge is 2.35. The molecule has 9 heteroatoms. The fourth-order valence-electron chi connectivity index (χ4n) is 4.59. The van der Waals surface area contributed by atoms with Gasteiger partial charge in [-0.3, -0.25) is 4.79 Å². The van der Waals surface area contributed by atoms with Crippen LogP contribution in [0.5, 0.6) is 0 Å². The lowest BCUT2D eigenvalue weighted by Gasteiger charge is -2.39. The van der Waals surface area contributed by atoms with Crippen LogP contribution >= 0.6 is 0 Å². The third kappa shape index (κ3) is 4.54. The summed E-state index contributed by atoms with van der Waals surface area (Å²) >= 11 is 0. The summed E-state index contributed by atoms with van der Waals surface area (Å²) in [4.78, 5) is 32.6. The number of ether oxygens (including phenoxy) is 1. The Kier molecular flexibility index (Phi) is 6.07. The summed E-state index contributed by atoms with van der Waals surface area (Å²) < 4.78 is 7.50. The highest BCUT2D eigenvalue weighted by Crippen LogP contribution is 2.40. The number of hydrogen-bond donors (Lipinski definition) is 1. The minimum Gasteiger partial charge on any atom is -0.442 e. The van der Waals surface area contributed by atoms with Crippen molar-refractivity contribution in [3.05, 3.63) is 23.5 Å². The Morgan fingerprint density at radius 3 is 2.53 bits per heavy atom. The molecule has 5 rings (SSSR count). The quantitative estimate of drug-likeness (QED) is 0.684. The lowest BCUT2D eigenvalue weighted by atomic mass is 10.1. The first-order chi connectivity index (χ1) is 16.4. The number of fused-ring (bicyclic) bond motifs is 1. The molecule has 1 saturated carbocycles. The van der Waals surface area contributed by atoms with Gasteiger partial charge in [0.25, 0.3) is 5.91 Å². The van der Waals surface area contributed by atoms with Crippen LogP contribution in [-0.4, -0.2) is 74.7 Å². The fraction of sp³-hybridized carbons (Fsp3) is 0.600. The van der Waals surface area contributed by atoms with Gasteiger partial charge in [-0.05, 0) is 44.4 Å². The topological polar surface area (TPSA) is 92.1 Å². The smallest absolute Gasteiger partial charge is 0.410 e. The molecule has 2 aliphatic heterocycles. The van der Waals surface area contributed by atoms with E-state index < -0.39 is 0 Å². The molecule has 3 aliphatic rings. The summed E-state index contributed by atoms with van der Waals surface area (Å²) in [6.45, 7) is 8.07. The molecular formula is C25H32N6O3. The average molecular weight is 465 g/mol. The zero-order chi connectivity index (χ0) is 23.8. The largest absolute Gasteiger partial charge is 0.442 e. The Balaban J connectivity index is 1.17. The number of amides is 2. The lowest BCUT2D eigenvalue weighted by molar-refractivity contribution is -0.135. The van der Waals surface area contributed by atoms with Crippen LogP contribution in [0.2, 0.25) is 0 Å². The van der Waals surface area contributed by atoms with Crippen LogP contribution < -0.4 is 5.32 Å². The molecule has 3 fully saturated rings. The molecule has 0 unspecified atom stereocenters. The van der Waals surface area contributed by atoms with Gasteiger partial charge < -0.3 is 19.9 Å². The van der Waals surface area contributed by atoms with Crippen molar-refractivity contribution in [1.29, 1.82) is 0 Å². The third-order valence-electron chi connectivity index (χ3n) is 6.88. The summed E-state index contributed by atoms with van der Waals surface area (Å²) in [6, 6.07) is 2.40. The molecule has 4 heterocycles. The number of nitrogens with one attached hydrogen (secondary N) is 1. The van der Waals surface area contributed by atoms with E-state index in [1.54, 1.807) is 16.7 Å². The van der Waals surface area contributed by atoms with E-state index >= 15 is 0 Å². The van der Waals surface area contributed by atoms with E-state index in [9.17, 15) is 9.59 Å². The van der Waals surface area contributed by atoms with Crippen LogP contribution in [0.25, 0.3) is 5.65 Å². The number of nitrogens with zero attached hydrogens (tertiary/aromatic N) is 5. The first kappa shape index (κ1) is 22.5. The molecule has 0 spiro atoms. The van der Waals surface area contributed by atoms with E-state index in [0.717, 1.165) is 30.0 Å². The first-order valence-electron chi connectivity index (χ1n) is 12.2. The van der Waals surface area contributed by atoms with Crippen LogP contribution in [0.3, 0.4) is 0 Å². The molecule has 9 nitrogen and oxygen atoms in total. The molecule has 0 bridgehead atoms. The van der Waals surface area contributed by atoms with Gasteiger partial charge in [0.1, 0.15) is 11.9 Å². The van der Waals surface area contributed by atoms with E-state index in [2.05, 4.69) is 42.2 Å². The zero-order valence-electron chi connectivity index (χ0n) is 20.1. The summed E-state index contributed by atoms with van der Waals surface area (Å²) in [7, 11) is 0. The number of hydrogen-bond acceptors (Lipinski definition) is 6. The van der Waals surface area contributed by atoms with Gasteiger partial charge in [0.2, 0.25) is 0 Å². The molecule has 0 atom stereocenters. The summed E-state index contributed by atoms with van der Waals surface area (Å²) in [5, 5.41) is 8.30. The Labute approximate surface area is 199 Å². The zero-order valence-corrected chi connectivity index (χ0v) is 20.1. The van der Waals surface area contributed by atoms with E-state index in [4.69, 9.17) is 9.72 Å². The van der Waals surface area contributed by atoms with Gasteiger partial charge in [-0.15, -0.1) is 0 Å². The number of carbonyl (C=O) groups excluding carboxylic acids is 2. The monoisotopic (exact) mass is 464 g/mol. The SMILES string of the molecule is CC#CC(=O)N1CC(OC(=O)N2CCC(Nc3cc(C4CC4)nc4c(C(C)C)cnn34)CC2)C1. The minimum atomic E-state index is -0.298. The van der Waals surface area contributed by atoms with Crippen LogP contribution in [-0.2, 0) is 9.53 Å². The van der Waals surface area contributed by atoms with Crippen molar-refractivity contribution in [3.8, 4) is 11.8 Å². The predicted molar refractivity (Wildman–Crippen MR) is 128 cm³/mol. The molecule has 1 aliphatic carbocycles. The second kappa shape index (κ2) is 9.16. The molecule has 2 saturated heterocycles. The van der Waals surface area contributed by atoms with Gasteiger partial charge in [0.05, 0.1) is 19.3 Å². The van der Waals surface area contributed by atoms with E-state index in [1.807, 2.05) is 10.7 Å². The number of piperidine rings is 1. The number of aromatic nitrogens is 3. The Morgan fingerprint density at radius 2 is 1.88 bits per heavy atom. The van der Waals surface area contributed by atoms with Crippen LogP contribution in [0, 0.1) is 11.8 Å². The van der Waals surface area contributed by atoms with E-state index in [-0.39, 0.29) is 24.1 Å². The minimum absolute atomic E-state index is 0.213. The summed E-state index contributed by atoms with van der Waals surface area (Å²) in [6.07, 6.45) is 5.45. The highest BCUT2D eigenvalue weighted by molar-refractivity contribution is 5.94. The normalized spacial score (nSPS) is 19.1. The maximum Gasteiger partial charge on any atom is 0.410 e. The number of likely N-dealkylation sites (tertiary alicyclic amines) is 2. The van der Waals surface area contributed by atoms with Crippen molar-refractivity contribution in [2.24, 2.45) is 0 Å². The number of carbonyl (C=O) groups is 2. The second-order valence-corrected chi connectivity index (χ2v) is 9.83. The van der Waals surface area contributed by atoms with Crippen molar-refractivity contribution >= 4 is 23.5 Å². The van der Waals surface area contributed by atoms with Gasteiger partial charge in [-0.2, -0.15) is 9.61 Å². The van der Waals surface area contributed by atoms with Crippen molar-refractivity contribution in [1.82, 2.24) is 24.4 Å². The second-order valence-electron chi connectivity index (χ2n) is 9.83. The lowest BCUT2D eigenvalue weighted by Crippen LogP contribution is -2.56. The van der Waals surface area contributed by atoms with Crippen molar-refractivity contribution in [2.45, 2.75) is 70.4 Å². The van der Waals surface area contributed by atoms with Crippen LogP contribution in [0.15, 0.2) is 12.3 Å². The molecule has 0 aromatic carbocycles. The predicted octanol–water partition coefficient (Wildman–Crippen LogP) is 2.98. The number of rotatable bonds is 5. The first-order valence-corrected chi connectivity index (χ1v) is 12.2. The van der Waals surface area contributed by atoms with Gasteiger partial charge >= 0.3 is 6.09 Å². The van der Waals surface area contributed by atoms with Gasteiger partial charge in [0, 0.05) is 42.4 Å². The Bertz CT molecular complexity index is 1140. The van der Waals surface area contributed by atoms with Gasteiger partial charge in [0.15, 0.2) is 5.65 Å². The maximum atomic E-state index is 12.6. The molecule has 2 aromatic rings. The molecule has 1 N–H and O–H groups in total. The van der Waals surface area contributed by atoms with E-state index in [1.165, 1.54) is 18.4 Å². The molecule has 34 heavy (non-hydrogen) atoms. The van der Waals surface area contributed by atoms with Crippen LogP contribution in [0.1, 0.15) is 69.5 Å². The summed E-state index contributed by atoms with van der Waals surface area (Å²) in [5.41, 5.74) is 3.26. The average Bonchev–Trinajstić information content (AvgIpc) is 3.55. The fourth-order valence-corrected chi connectivity index (χ4v) is 4.59. The van der Waals surface area contributed by atoms with Gasteiger partial charge in [-0.25, -0.2) is 9.78 Å². The standard InChI is InChI=1S/C25H32N6O3/c1-4-5-23(32)30-14-19(15-30)34-25(33)29-10-8-18(9-11-29)27-22-12-21(17-6-7-17)28-24-20(16(2)3)13-26-31(22)24/h12-13,16-19,27H,6-11,14-15H2,1-3H3. The van der Waals surface area contributed by atoms with Crippen LogP contribution in [0.4, 0.5) is 10.6 Å². The highest BCUT2D eigenvalue weighted by atomic mass is 16.6. The van der Waals surface area contributed by atoms with Crippen molar-refractivity contribution < 1.29 is 14.3 Å². The Hall–Kier alpha value is -3.28. The third-order valence-corrected chi connectivity index (χ3v) is 6.88. The van der Waals surface area contributed by atoms with Gasteiger partial charge in [-0.1, -0.05) is 19.8 Å². The van der Waals surface area contributed by atoms with Crippen molar-refractivity contribution in [3.63, 3.8) is 0 Å². The molecule has 0 radical (unpaired) electrons. The molecule has 2 aromatic heterocycles. The number of anilines is 1. The van der Waals surface area contributed by atoms with E-state index in [0.29, 0.717) is 38.0 Å².